The van der Waals surface area contributed by atoms with Crippen LogP contribution in [0.4, 0.5) is 10.1 Å². The first kappa shape index (κ1) is 16.9. The molecule has 0 saturated carbocycles. The second kappa shape index (κ2) is 7.77. The number of amides is 1. The largest absolute Gasteiger partial charge is 0.490 e. The highest BCUT2D eigenvalue weighted by Crippen LogP contribution is 2.37. The smallest absolute Gasteiger partial charge is 0.234 e. The molecule has 1 amide bonds. The van der Waals surface area contributed by atoms with Gasteiger partial charge in [0.2, 0.25) is 5.91 Å². The molecule has 0 saturated heterocycles. The lowest BCUT2D eigenvalue weighted by Gasteiger charge is -2.12. The zero-order valence-electron chi connectivity index (χ0n) is 12.7. The van der Waals surface area contributed by atoms with Crippen molar-refractivity contribution in [1.29, 1.82) is 0 Å². The van der Waals surface area contributed by atoms with Gasteiger partial charge >= 0.3 is 0 Å². The fourth-order valence-corrected chi connectivity index (χ4v) is 3.05. The number of anilines is 1. The van der Waals surface area contributed by atoms with Gasteiger partial charge in [-0.05, 0) is 24.3 Å². The third kappa shape index (κ3) is 4.33. The molecular weight excluding hydrogens is 353 g/mol. The number of fused-ring (bicyclic) bond motifs is 1. The van der Waals surface area contributed by atoms with Gasteiger partial charge in [0.05, 0.1) is 29.7 Å². The third-order valence-electron chi connectivity index (χ3n) is 3.29. The zero-order valence-corrected chi connectivity index (χ0v) is 14.3. The maximum Gasteiger partial charge on any atom is 0.234 e. The Morgan fingerprint density at radius 3 is 2.54 bits per heavy atom. The molecule has 1 N–H and O–H groups in total. The molecule has 1 heterocycles. The third-order valence-corrected chi connectivity index (χ3v) is 4.62. The first-order valence-electron chi connectivity index (χ1n) is 7.39. The van der Waals surface area contributed by atoms with E-state index in [1.54, 1.807) is 24.3 Å². The lowest BCUT2D eigenvalue weighted by molar-refractivity contribution is -0.113. The van der Waals surface area contributed by atoms with Crippen molar-refractivity contribution < 1.29 is 18.7 Å². The Labute approximate surface area is 148 Å². The van der Waals surface area contributed by atoms with Crippen LogP contribution in [-0.4, -0.2) is 24.9 Å². The van der Waals surface area contributed by atoms with Crippen molar-refractivity contribution in [3.63, 3.8) is 0 Å². The van der Waals surface area contributed by atoms with Gasteiger partial charge in [-0.25, -0.2) is 4.39 Å². The molecule has 0 aliphatic carbocycles. The number of halogens is 2. The minimum Gasteiger partial charge on any atom is -0.490 e. The van der Waals surface area contributed by atoms with Crippen LogP contribution in [0.2, 0.25) is 5.02 Å². The van der Waals surface area contributed by atoms with E-state index in [1.807, 2.05) is 0 Å². The van der Waals surface area contributed by atoms with Crippen molar-refractivity contribution in [3.8, 4) is 11.5 Å². The first-order valence-corrected chi connectivity index (χ1v) is 8.75. The lowest BCUT2D eigenvalue weighted by Crippen LogP contribution is -2.14. The Morgan fingerprint density at radius 1 is 1.17 bits per heavy atom. The van der Waals surface area contributed by atoms with E-state index in [-0.39, 0.29) is 17.5 Å². The number of carbonyl (C=O) groups is 1. The summed E-state index contributed by atoms with van der Waals surface area (Å²) in [4.78, 5) is 12.9. The van der Waals surface area contributed by atoms with Crippen molar-refractivity contribution in [1.82, 2.24) is 0 Å². The summed E-state index contributed by atoms with van der Waals surface area (Å²) in [6.07, 6.45) is 0.794. The molecule has 7 heteroatoms. The van der Waals surface area contributed by atoms with Crippen molar-refractivity contribution in [2.75, 3.05) is 24.3 Å². The van der Waals surface area contributed by atoms with Gasteiger partial charge < -0.3 is 14.8 Å². The summed E-state index contributed by atoms with van der Waals surface area (Å²) >= 11 is 7.51. The van der Waals surface area contributed by atoms with Gasteiger partial charge in [0, 0.05) is 23.4 Å². The average Bonchev–Trinajstić information content (AvgIpc) is 2.79. The van der Waals surface area contributed by atoms with Gasteiger partial charge in [-0.2, -0.15) is 0 Å². The van der Waals surface area contributed by atoms with E-state index in [0.29, 0.717) is 35.4 Å². The summed E-state index contributed by atoms with van der Waals surface area (Å²) in [5.74, 6) is 0.828. The van der Waals surface area contributed by atoms with Gasteiger partial charge in [-0.3, -0.25) is 4.79 Å². The monoisotopic (exact) mass is 367 g/mol. The van der Waals surface area contributed by atoms with Crippen LogP contribution in [0.5, 0.6) is 11.5 Å². The molecule has 0 bridgehead atoms. The van der Waals surface area contributed by atoms with Crippen molar-refractivity contribution in [2.45, 2.75) is 11.3 Å². The lowest BCUT2D eigenvalue weighted by atomic mass is 10.2. The molecular formula is C17H15ClFNO3S. The van der Waals surface area contributed by atoms with Crippen molar-refractivity contribution in [2.24, 2.45) is 0 Å². The maximum atomic E-state index is 12.9. The fraction of sp³-hybridized carbons (Fsp3) is 0.235. The molecule has 0 aromatic heterocycles. The summed E-state index contributed by atoms with van der Waals surface area (Å²) < 4.78 is 24.0. The predicted octanol–water partition coefficient (Wildman–Crippen LogP) is 4.37. The Kier molecular flexibility index (Phi) is 5.48. The van der Waals surface area contributed by atoms with Gasteiger partial charge in [0.1, 0.15) is 5.82 Å². The topological polar surface area (TPSA) is 47.6 Å². The normalized spacial score (nSPS) is 13.2. The molecule has 2 aromatic carbocycles. The van der Waals surface area contributed by atoms with Crippen LogP contribution in [0.3, 0.4) is 0 Å². The highest BCUT2D eigenvalue weighted by atomic mass is 35.5. The molecule has 0 unspecified atom stereocenters. The Hall–Kier alpha value is -1.92. The predicted molar refractivity (Wildman–Crippen MR) is 92.8 cm³/mol. The second-order valence-electron chi connectivity index (χ2n) is 5.12. The molecule has 1 aliphatic rings. The summed E-state index contributed by atoms with van der Waals surface area (Å²) in [7, 11) is 0. The van der Waals surface area contributed by atoms with Gasteiger partial charge in [-0.1, -0.05) is 11.6 Å². The highest BCUT2D eigenvalue weighted by molar-refractivity contribution is 8.00. The number of benzene rings is 2. The van der Waals surface area contributed by atoms with E-state index < -0.39 is 0 Å². The molecule has 4 nitrogen and oxygen atoms in total. The summed E-state index contributed by atoms with van der Waals surface area (Å²) in [5.41, 5.74) is 0.477. The van der Waals surface area contributed by atoms with E-state index in [0.717, 1.165) is 11.3 Å². The minimum atomic E-state index is -0.303. The fourth-order valence-electron chi connectivity index (χ4n) is 2.15. The quantitative estimate of drug-likeness (QED) is 0.815. The molecule has 24 heavy (non-hydrogen) atoms. The van der Waals surface area contributed by atoms with E-state index in [9.17, 15) is 9.18 Å². The molecule has 2 aromatic rings. The molecule has 0 spiro atoms. The number of rotatable bonds is 4. The summed E-state index contributed by atoms with van der Waals surface area (Å²) in [6, 6.07) is 9.30. The van der Waals surface area contributed by atoms with Gasteiger partial charge in [0.15, 0.2) is 11.5 Å². The first-order chi connectivity index (χ1) is 11.6. The van der Waals surface area contributed by atoms with Crippen LogP contribution >= 0.6 is 23.4 Å². The van der Waals surface area contributed by atoms with E-state index in [1.165, 1.54) is 23.9 Å². The zero-order chi connectivity index (χ0) is 16.9. The summed E-state index contributed by atoms with van der Waals surface area (Å²) in [6.45, 7) is 1.13. The molecule has 126 valence electrons. The highest BCUT2D eigenvalue weighted by Gasteiger charge is 2.15. The number of hydrogen-bond acceptors (Lipinski definition) is 4. The van der Waals surface area contributed by atoms with Gasteiger partial charge in [0.25, 0.3) is 0 Å². The second-order valence-corrected chi connectivity index (χ2v) is 6.58. The minimum absolute atomic E-state index is 0.191. The molecule has 0 radical (unpaired) electrons. The van der Waals surface area contributed by atoms with Crippen LogP contribution in [0.15, 0.2) is 41.3 Å². The number of ether oxygens (including phenoxy) is 2. The summed E-state index contributed by atoms with van der Waals surface area (Å²) in [5, 5.41) is 3.15. The number of carbonyl (C=O) groups excluding carboxylic acids is 1. The maximum absolute atomic E-state index is 12.9. The Balaban J connectivity index is 1.63. The number of nitrogens with one attached hydrogen (secondary N) is 1. The molecule has 3 rings (SSSR count). The van der Waals surface area contributed by atoms with Crippen LogP contribution in [0.25, 0.3) is 0 Å². The standard InChI is InChI=1S/C17H15ClFNO3S/c18-13-8-15-16(23-7-1-6-22-15)9-14(13)20-17(21)10-24-12-4-2-11(19)3-5-12/h2-5,8-9H,1,6-7,10H2,(H,20,21). The Morgan fingerprint density at radius 2 is 1.83 bits per heavy atom. The van der Waals surface area contributed by atoms with Crippen LogP contribution in [0.1, 0.15) is 6.42 Å². The molecule has 0 atom stereocenters. The van der Waals surface area contributed by atoms with Crippen LogP contribution < -0.4 is 14.8 Å². The average molecular weight is 368 g/mol. The van der Waals surface area contributed by atoms with Gasteiger partial charge in [-0.15, -0.1) is 11.8 Å². The van der Waals surface area contributed by atoms with Crippen LogP contribution in [0, 0.1) is 5.82 Å². The Bertz CT molecular complexity index is 739. The number of hydrogen-bond donors (Lipinski definition) is 1. The van der Waals surface area contributed by atoms with E-state index >= 15 is 0 Å². The molecule has 0 fully saturated rings. The van der Waals surface area contributed by atoms with E-state index in [2.05, 4.69) is 5.32 Å². The van der Waals surface area contributed by atoms with Crippen molar-refractivity contribution in [3.05, 3.63) is 47.2 Å². The molecule has 1 aliphatic heterocycles. The van der Waals surface area contributed by atoms with Crippen molar-refractivity contribution >= 4 is 35.0 Å². The van der Waals surface area contributed by atoms with E-state index in [4.69, 9.17) is 21.1 Å². The number of thioether (sulfide) groups is 1. The SMILES string of the molecule is O=C(CSc1ccc(F)cc1)Nc1cc2c(cc1Cl)OCCCO2. The van der Waals surface area contributed by atoms with Crippen LogP contribution in [-0.2, 0) is 4.79 Å².